The van der Waals surface area contributed by atoms with Crippen LogP contribution in [0, 0.1) is 0 Å². The summed E-state index contributed by atoms with van der Waals surface area (Å²) in [5.74, 6) is -0.579. The number of halogens is 3. The number of aromatic amines is 1. The van der Waals surface area contributed by atoms with Gasteiger partial charge in [0.05, 0.1) is 21.3 Å². The van der Waals surface area contributed by atoms with Crippen molar-refractivity contribution in [2.24, 2.45) is 0 Å². The lowest BCUT2D eigenvalue weighted by molar-refractivity contribution is -0.0511. The number of rotatable bonds is 6. The van der Waals surface area contributed by atoms with Gasteiger partial charge in [0.1, 0.15) is 0 Å². The van der Waals surface area contributed by atoms with E-state index in [2.05, 4.69) is 14.7 Å². The van der Waals surface area contributed by atoms with Crippen LogP contribution in [0.25, 0.3) is 12.2 Å². The maximum absolute atomic E-state index is 12.5. The number of Topliss-reactive ketones (excluding diaryl/α,β-unsaturated/α-hetero) is 1. The van der Waals surface area contributed by atoms with E-state index in [9.17, 15) is 18.4 Å². The third-order valence-electron chi connectivity index (χ3n) is 3.66. The van der Waals surface area contributed by atoms with E-state index < -0.39 is 12.2 Å². The topological polar surface area (TPSA) is 81.3 Å². The Bertz CT molecular complexity index is 1210. The van der Waals surface area contributed by atoms with Crippen molar-refractivity contribution in [1.29, 1.82) is 0 Å². The number of carbonyl (C=O) groups excluding carboxylic acids is 1. The molecule has 6 nitrogen and oxygen atoms in total. The molecule has 29 heavy (non-hydrogen) atoms. The first-order chi connectivity index (χ1) is 13.9. The van der Waals surface area contributed by atoms with Gasteiger partial charge in [0.25, 0.3) is 5.56 Å². The Morgan fingerprint density at radius 2 is 2.03 bits per heavy atom. The molecular formula is C19H13ClF2N2O4S. The smallest absolute Gasteiger partial charge is 0.387 e. The van der Waals surface area contributed by atoms with E-state index in [4.69, 9.17) is 16.3 Å². The Morgan fingerprint density at radius 1 is 1.31 bits per heavy atom. The summed E-state index contributed by atoms with van der Waals surface area (Å²) < 4.78 is 35.1. The summed E-state index contributed by atoms with van der Waals surface area (Å²) in [5, 5.41) is -0.0939. The highest BCUT2D eigenvalue weighted by molar-refractivity contribution is 7.07. The minimum Gasteiger partial charge on any atom is -0.493 e. The minimum absolute atomic E-state index is 0.00307. The van der Waals surface area contributed by atoms with Gasteiger partial charge in [-0.25, -0.2) is 0 Å². The van der Waals surface area contributed by atoms with E-state index in [0.29, 0.717) is 20.3 Å². The number of nitrogens with zero attached hydrogens (tertiary/aromatic N) is 1. The van der Waals surface area contributed by atoms with Gasteiger partial charge in [-0.05, 0) is 35.9 Å². The normalized spacial score (nSPS) is 12.4. The molecular weight excluding hydrogens is 426 g/mol. The summed E-state index contributed by atoms with van der Waals surface area (Å²) in [6, 6.07) is 5.91. The number of methoxy groups -OCH3 is 1. The molecule has 1 aromatic carbocycles. The third kappa shape index (κ3) is 5.07. The van der Waals surface area contributed by atoms with Crippen molar-refractivity contribution in [3.63, 3.8) is 0 Å². The second-order valence-corrected chi connectivity index (χ2v) is 7.08. The Balaban J connectivity index is 2.00. The maximum Gasteiger partial charge on any atom is 0.387 e. The Hall–Kier alpha value is -3.04. The average molecular weight is 439 g/mol. The van der Waals surface area contributed by atoms with Gasteiger partial charge in [0.15, 0.2) is 17.3 Å². The highest BCUT2D eigenvalue weighted by atomic mass is 35.5. The van der Waals surface area contributed by atoms with Crippen LogP contribution in [0.5, 0.6) is 11.5 Å². The summed E-state index contributed by atoms with van der Waals surface area (Å²) in [5.41, 5.74) is 0.463. The van der Waals surface area contributed by atoms with Crippen LogP contribution in [-0.4, -0.2) is 29.5 Å². The summed E-state index contributed by atoms with van der Waals surface area (Å²) in [6.45, 7) is -3.06. The monoisotopic (exact) mass is 438 g/mol. The molecule has 0 spiro atoms. The summed E-state index contributed by atoms with van der Waals surface area (Å²) in [6.07, 6.45) is 5.80. The number of thiazole rings is 1. The van der Waals surface area contributed by atoms with Gasteiger partial charge in [-0.2, -0.15) is 8.78 Å². The second kappa shape index (κ2) is 8.97. The molecule has 0 unspecified atom stereocenters. The lowest BCUT2D eigenvalue weighted by Crippen LogP contribution is -2.20. The van der Waals surface area contributed by atoms with Crippen LogP contribution in [0.1, 0.15) is 15.9 Å². The van der Waals surface area contributed by atoms with Crippen LogP contribution in [0.2, 0.25) is 5.02 Å². The highest BCUT2D eigenvalue weighted by Crippen LogP contribution is 2.37. The predicted octanol–water partition coefficient (Wildman–Crippen LogP) is 2.59. The molecule has 0 aliphatic rings. The first-order valence-corrected chi connectivity index (χ1v) is 9.26. The predicted molar refractivity (Wildman–Crippen MR) is 105 cm³/mol. The van der Waals surface area contributed by atoms with Gasteiger partial charge in [-0.3, -0.25) is 14.6 Å². The van der Waals surface area contributed by atoms with Gasteiger partial charge in [0, 0.05) is 24.0 Å². The van der Waals surface area contributed by atoms with E-state index in [1.54, 1.807) is 12.1 Å². The van der Waals surface area contributed by atoms with Crippen LogP contribution >= 0.6 is 22.9 Å². The summed E-state index contributed by atoms with van der Waals surface area (Å²) in [4.78, 5) is 30.9. The highest BCUT2D eigenvalue weighted by Gasteiger charge is 2.16. The van der Waals surface area contributed by atoms with E-state index >= 15 is 0 Å². The fourth-order valence-corrected chi connectivity index (χ4v) is 3.57. The van der Waals surface area contributed by atoms with Gasteiger partial charge in [-0.1, -0.05) is 11.6 Å². The average Bonchev–Trinajstić information content (AvgIpc) is 3.02. The second-order valence-electron chi connectivity index (χ2n) is 5.59. The van der Waals surface area contributed by atoms with Gasteiger partial charge in [0.2, 0.25) is 0 Å². The van der Waals surface area contributed by atoms with E-state index in [1.165, 1.54) is 43.8 Å². The molecule has 0 saturated carbocycles. The lowest BCUT2D eigenvalue weighted by atomic mass is 10.2. The number of aromatic nitrogens is 2. The quantitative estimate of drug-likeness (QED) is 0.598. The third-order valence-corrected chi connectivity index (χ3v) is 4.91. The van der Waals surface area contributed by atoms with Crippen molar-refractivity contribution in [2.45, 2.75) is 6.61 Å². The summed E-state index contributed by atoms with van der Waals surface area (Å²) >= 11 is 7.07. The molecule has 3 aromatic rings. The molecule has 10 heteroatoms. The standard InChI is InChI=1S/C19H13ClF2N2O4S/c1-27-14-7-10(6-12(20)17(14)28-19(21)22)8-15-18(26)24-16(29-15)9-13(25)11-2-4-23-5-3-11/h2-9,19H,1H3,(H,24,26)/b15-8+,16-9-. The number of ketones is 1. The molecule has 150 valence electrons. The van der Waals surface area contributed by atoms with Crippen molar-refractivity contribution in [3.05, 3.63) is 72.4 Å². The number of H-pyrrole nitrogens is 1. The number of ether oxygens (including phenoxy) is 2. The van der Waals surface area contributed by atoms with Crippen molar-refractivity contribution < 1.29 is 23.0 Å². The molecule has 2 heterocycles. The Morgan fingerprint density at radius 3 is 2.69 bits per heavy atom. The zero-order valence-corrected chi connectivity index (χ0v) is 16.4. The van der Waals surface area contributed by atoms with Crippen LogP contribution < -0.4 is 24.2 Å². The largest absolute Gasteiger partial charge is 0.493 e. The minimum atomic E-state index is -3.06. The molecule has 0 aliphatic carbocycles. The Kier molecular flexibility index (Phi) is 6.40. The number of pyridine rings is 1. The zero-order valence-electron chi connectivity index (χ0n) is 14.8. The zero-order chi connectivity index (χ0) is 21.0. The molecule has 0 amide bonds. The molecule has 0 radical (unpaired) electrons. The summed E-state index contributed by atoms with van der Waals surface area (Å²) in [7, 11) is 1.28. The van der Waals surface area contributed by atoms with Crippen LogP contribution in [0.3, 0.4) is 0 Å². The molecule has 0 saturated heterocycles. The van der Waals surface area contributed by atoms with Crippen LogP contribution in [-0.2, 0) is 0 Å². The fraction of sp³-hybridized carbons (Fsp3) is 0.105. The Labute approximate surface area is 171 Å². The van der Waals surface area contributed by atoms with Gasteiger partial charge < -0.3 is 14.5 Å². The molecule has 0 aliphatic heterocycles. The number of alkyl halides is 2. The molecule has 3 rings (SSSR count). The molecule has 1 N–H and O–H groups in total. The van der Waals surface area contributed by atoms with Gasteiger partial charge >= 0.3 is 6.61 Å². The van der Waals surface area contributed by atoms with Crippen LogP contribution in [0.4, 0.5) is 8.78 Å². The number of nitrogens with one attached hydrogen (secondary N) is 1. The number of hydrogen-bond acceptors (Lipinski definition) is 6. The SMILES string of the molecule is COc1cc(/C=c2/s/c(=C\C(=O)c3ccncc3)[nH]c2=O)cc(Cl)c1OC(F)F. The molecule has 0 bridgehead atoms. The lowest BCUT2D eigenvalue weighted by Gasteiger charge is -2.12. The van der Waals surface area contributed by atoms with E-state index in [-0.39, 0.29) is 22.3 Å². The van der Waals surface area contributed by atoms with Crippen LogP contribution in [0.15, 0.2) is 41.5 Å². The number of benzene rings is 1. The first kappa shape index (κ1) is 20.7. The molecule has 0 atom stereocenters. The van der Waals surface area contributed by atoms with Crippen molar-refractivity contribution in [1.82, 2.24) is 9.97 Å². The fourth-order valence-electron chi connectivity index (χ4n) is 2.42. The van der Waals surface area contributed by atoms with E-state index in [1.807, 2.05) is 0 Å². The first-order valence-electron chi connectivity index (χ1n) is 8.06. The van der Waals surface area contributed by atoms with Crippen molar-refractivity contribution >= 4 is 40.9 Å². The van der Waals surface area contributed by atoms with Crippen molar-refractivity contribution in [3.8, 4) is 11.5 Å². The number of carbonyl (C=O) groups is 1. The number of hydrogen-bond donors (Lipinski definition) is 1. The molecule has 0 fully saturated rings. The maximum atomic E-state index is 12.5. The van der Waals surface area contributed by atoms with Gasteiger partial charge in [-0.15, -0.1) is 11.3 Å². The van der Waals surface area contributed by atoms with Crippen molar-refractivity contribution in [2.75, 3.05) is 7.11 Å². The van der Waals surface area contributed by atoms with E-state index in [0.717, 1.165) is 11.3 Å². The molecule has 2 aromatic heterocycles.